The van der Waals surface area contributed by atoms with E-state index in [2.05, 4.69) is 20.8 Å². The summed E-state index contributed by atoms with van der Waals surface area (Å²) < 4.78 is 5.94. The first-order valence-electron chi connectivity index (χ1n) is 5.85. The molecular formula is C12H26N2O. The standard InChI is InChI=1S/C12H26N2O/c1-8(11(3,4)14)7-15-12(5)6-10(12)9(2)13/h8-10H,6-7,13-14H2,1-5H3. The molecular weight excluding hydrogens is 188 g/mol. The Hall–Kier alpha value is -0.120. The van der Waals surface area contributed by atoms with Crippen molar-refractivity contribution in [2.45, 2.75) is 58.2 Å². The molecule has 3 heteroatoms. The molecule has 90 valence electrons. The quantitative estimate of drug-likeness (QED) is 0.729. The second-order valence-corrected chi connectivity index (χ2v) is 6.02. The van der Waals surface area contributed by atoms with Gasteiger partial charge in [-0.2, -0.15) is 0 Å². The predicted molar refractivity (Wildman–Crippen MR) is 63.5 cm³/mol. The highest BCUT2D eigenvalue weighted by molar-refractivity contribution is 5.05. The fraction of sp³-hybridized carbons (Fsp3) is 1.00. The van der Waals surface area contributed by atoms with Crippen molar-refractivity contribution in [2.75, 3.05) is 6.61 Å². The number of ether oxygens (including phenoxy) is 1. The van der Waals surface area contributed by atoms with Crippen LogP contribution < -0.4 is 11.5 Å². The van der Waals surface area contributed by atoms with Gasteiger partial charge in [-0.1, -0.05) is 6.92 Å². The molecule has 1 fully saturated rings. The van der Waals surface area contributed by atoms with Crippen molar-refractivity contribution in [2.24, 2.45) is 23.3 Å². The molecule has 4 unspecified atom stereocenters. The van der Waals surface area contributed by atoms with Crippen molar-refractivity contribution in [3.63, 3.8) is 0 Å². The largest absolute Gasteiger partial charge is 0.375 e. The number of hydrogen-bond acceptors (Lipinski definition) is 3. The lowest BCUT2D eigenvalue weighted by molar-refractivity contribution is 0.000546. The Bertz CT molecular complexity index is 222. The summed E-state index contributed by atoms with van der Waals surface area (Å²) in [6, 6.07) is 0.233. The summed E-state index contributed by atoms with van der Waals surface area (Å²) in [7, 11) is 0. The molecule has 1 aliphatic rings. The van der Waals surface area contributed by atoms with Gasteiger partial charge in [0.05, 0.1) is 12.2 Å². The summed E-state index contributed by atoms with van der Waals surface area (Å²) in [5, 5.41) is 0. The van der Waals surface area contributed by atoms with Gasteiger partial charge in [-0.05, 0) is 40.0 Å². The summed E-state index contributed by atoms with van der Waals surface area (Å²) in [6.07, 6.45) is 1.09. The highest BCUT2D eigenvalue weighted by atomic mass is 16.5. The van der Waals surface area contributed by atoms with Crippen molar-refractivity contribution >= 4 is 0 Å². The molecule has 15 heavy (non-hydrogen) atoms. The molecule has 4 atom stereocenters. The molecule has 0 spiro atoms. The zero-order valence-electron chi connectivity index (χ0n) is 10.7. The van der Waals surface area contributed by atoms with Crippen LogP contribution in [0.2, 0.25) is 0 Å². The Balaban J connectivity index is 2.34. The summed E-state index contributed by atoms with van der Waals surface area (Å²) in [5.74, 6) is 0.884. The van der Waals surface area contributed by atoms with Crippen molar-refractivity contribution < 1.29 is 4.74 Å². The van der Waals surface area contributed by atoms with Gasteiger partial charge in [0.15, 0.2) is 0 Å². The normalized spacial score (nSPS) is 35.0. The van der Waals surface area contributed by atoms with Crippen LogP contribution in [0.1, 0.15) is 41.0 Å². The maximum absolute atomic E-state index is 6.02. The lowest BCUT2D eigenvalue weighted by Crippen LogP contribution is -2.42. The fourth-order valence-corrected chi connectivity index (χ4v) is 1.82. The summed E-state index contributed by atoms with van der Waals surface area (Å²) >= 11 is 0. The average Bonchev–Trinajstić information content (AvgIpc) is 2.73. The van der Waals surface area contributed by atoms with E-state index in [-0.39, 0.29) is 17.2 Å². The van der Waals surface area contributed by atoms with Gasteiger partial charge in [0, 0.05) is 17.5 Å². The first-order valence-corrected chi connectivity index (χ1v) is 5.85. The third kappa shape index (κ3) is 3.16. The number of nitrogens with two attached hydrogens (primary N) is 2. The van der Waals surface area contributed by atoms with Gasteiger partial charge >= 0.3 is 0 Å². The van der Waals surface area contributed by atoms with Crippen LogP contribution in [0.15, 0.2) is 0 Å². The third-order valence-electron chi connectivity index (χ3n) is 3.82. The van der Waals surface area contributed by atoms with Gasteiger partial charge in [-0.3, -0.25) is 0 Å². The van der Waals surface area contributed by atoms with E-state index in [1.54, 1.807) is 0 Å². The highest BCUT2D eigenvalue weighted by Gasteiger charge is 2.53. The molecule has 0 heterocycles. The molecule has 3 nitrogen and oxygen atoms in total. The van der Waals surface area contributed by atoms with Gasteiger partial charge in [-0.25, -0.2) is 0 Å². The summed E-state index contributed by atoms with van der Waals surface area (Å²) in [4.78, 5) is 0. The molecule has 0 bridgehead atoms. The monoisotopic (exact) mass is 214 g/mol. The van der Waals surface area contributed by atoms with E-state index in [4.69, 9.17) is 16.2 Å². The van der Waals surface area contributed by atoms with E-state index >= 15 is 0 Å². The number of rotatable bonds is 5. The zero-order valence-corrected chi connectivity index (χ0v) is 10.7. The molecule has 0 radical (unpaired) electrons. The predicted octanol–water partition coefficient (Wildman–Crippen LogP) is 1.50. The van der Waals surface area contributed by atoms with E-state index in [1.807, 2.05) is 13.8 Å². The first kappa shape index (κ1) is 12.9. The van der Waals surface area contributed by atoms with E-state index in [1.165, 1.54) is 0 Å². The lowest BCUT2D eigenvalue weighted by atomic mass is 9.91. The van der Waals surface area contributed by atoms with Crippen LogP contribution in [0, 0.1) is 11.8 Å². The van der Waals surface area contributed by atoms with Crippen molar-refractivity contribution in [1.82, 2.24) is 0 Å². The van der Waals surface area contributed by atoms with Crippen LogP contribution in [-0.2, 0) is 4.74 Å². The van der Waals surface area contributed by atoms with Gasteiger partial charge in [-0.15, -0.1) is 0 Å². The first-order chi connectivity index (χ1) is 6.67. The molecule has 0 aromatic heterocycles. The van der Waals surface area contributed by atoms with Crippen LogP contribution in [0.3, 0.4) is 0 Å². The molecule has 1 saturated carbocycles. The van der Waals surface area contributed by atoms with Crippen LogP contribution in [0.4, 0.5) is 0 Å². The van der Waals surface area contributed by atoms with E-state index in [0.29, 0.717) is 11.8 Å². The van der Waals surface area contributed by atoms with E-state index in [9.17, 15) is 0 Å². The molecule has 0 aromatic rings. The Morgan fingerprint density at radius 1 is 1.47 bits per heavy atom. The van der Waals surface area contributed by atoms with Crippen LogP contribution in [-0.4, -0.2) is 23.8 Å². The SMILES string of the molecule is CC(N)C1CC1(C)OCC(C)C(C)(C)N. The van der Waals surface area contributed by atoms with E-state index in [0.717, 1.165) is 13.0 Å². The molecule has 4 N–H and O–H groups in total. The van der Waals surface area contributed by atoms with Crippen molar-refractivity contribution in [3.8, 4) is 0 Å². The van der Waals surface area contributed by atoms with Crippen molar-refractivity contribution in [3.05, 3.63) is 0 Å². The van der Waals surface area contributed by atoms with Crippen molar-refractivity contribution in [1.29, 1.82) is 0 Å². The van der Waals surface area contributed by atoms with Crippen LogP contribution in [0.5, 0.6) is 0 Å². The lowest BCUT2D eigenvalue weighted by Gasteiger charge is -2.28. The van der Waals surface area contributed by atoms with Gasteiger partial charge in [0.2, 0.25) is 0 Å². The Labute approximate surface area is 93.5 Å². The second-order valence-electron chi connectivity index (χ2n) is 6.02. The average molecular weight is 214 g/mol. The second kappa shape index (κ2) is 4.04. The Morgan fingerprint density at radius 3 is 2.33 bits per heavy atom. The zero-order chi connectivity index (χ0) is 11.9. The van der Waals surface area contributed by atoms with Gasteiger partial charge in [0.25, 0.3) is 0 Å². The fourth-order valence-electron chi connectivity index (χ4n) is 1.82. The minimum atomic E-state index is -0.172. The smallest absolute Gasteiger partial charge is 0.0702 e. The van der Waals surface area contributed by atoms with Gasteiger partial charge in [0.1, 0.15) is 0 Å². The topological polar surface area (TPSA) is 61.3 Å². The highest BCUT2D eigenvalue weighted by Crippen LogP contribution is 2.48. The summed E-state index contributed by atoms with van der Waals surface area (Å²) in [5.41, 5.74) is 11.7. The maximum atomic E-state index is 6.02. The Morgan fingerprint density at radius 2 is 2.00 bits per heavy atom. The van der Waals surface area contributed by atoms with Gasteiger partial charge < -0.3 is 16.2 Å². The molecule has 0 aromatic carbocycles. The van der Waals surface area contributed by atoms with Crippen LogP contribution in [0.25, 0.3) is 0 Å². The molecule has 1 aliphatic carbocycles. The minimum absolute atomic E-state index is 0.00762. The molecule has 0 saturated heterocycles. The molecule has 1 rings (SSSR count). The third-order valence-corrected chi connectivity index (χ3v) is 3.82. The number of hydrogen-bond donors (Lipinski definition) is 2. The maximum Gasteiger partial charge on any atom is 0.0702 e. The van der Waals surface area contributed by atoms with Crippen LogP contribution >= 0.6 is 0 Å². The Kier molecular flexibility index (Phi) is 3.49. The van der Waals surface area contributed by atoms with E-state index < -0.39 is 0 Å². The minimum Gasteiger partial charge on any atom is -0.375 e. The molecule has 0 aliphatic heterocycles. The summed E-state index contributed by atoms with van der Waals surface area (Å²) in [6.45, 7) is 11.1. The molecule has 0 amide bonds.